The molecule has 1 unspecified atom stereocenters. The van der Waals surface area contributed by atoms with E-state index >= 15 is 0 Å². The van der Waals surface area contributed by atoms with Crippen molar-refractivity contribution in [2.24, 2.45) is 11.7 Å². The number of carbonyl (C=O) groups excluding carboxylic acids is 1. The molecule has 23 heavy (non-hydrogen) atoms. The van der Waals surface area contributed by atoms with Crippen molar-refractivity contribution < 1.29 is 9.32 Å². The molecule has 0 saturated carbocycles. The molecular formula is C17H22N4O2. The monoisotopic (exact) mass is 314 g/mol. The minimum absolute atomic E-state index is 0.0857. The Morgan fingerprint density at radius 3 is 2.83 bits per heavy atom. The van der Waals surface area contributed by atoms with Gasteiger partial charge in [0.2, 0.25) is 5.89 Å². The van der Waals surface area contributed by atoms with Crippen LogP contribution in [-0.4, -0.2) is 34.0 Å². The third kappa shape index (κ3) is 3.76. The number of aromatic nitrogens is 2. The van der Waals surface area contributed by atoms with Gasteiger partial charge in [0.05, 0.1) is 0 Å². The molecule has 1 atom stereocenters. The first-order valence-corrected chi connectivity index (χ1v) is 8.03. The van der Waals surface area contributed by atoms with Crippen LogP contribution in [0.3, 0.4) is 0 Å². The summed E-state index contributed by atoms with van der Waals surface area (Å²) in [6.45, 7) is 3.83. The van der Waals surface area contributed by atoms with E-state index in [-0.39, 0.29) is 5.91 Å². The number of carbonyl (C=O) groups is 1. The average molecular weight is 314 g/mol. The first-order valence-electron chi connectivity index (χ1n) is 8.03. The van der Waals surface area contributed by atoms with Gasteiger partial charge < -0.3 is 15.2 Å². The summed E-state index contributed by atoms with van der Waals surface area (Å²) in [4.78, 5) is 18.8. The number of rotatable bonds is 4. The van der Waals surface area contributed by atoms with Crippen LogP contribution in [0.5, 0.6) is 0 Å². The number of nitrogens with two attached hydrogens (primary N) is 1. The summed E-state index contributed by atoms with van der Waals surface area (Å²) < 4.78 is 5.02. The lowest BCUT2D eigenvalue weighted by Crippen LogP contribution is -2.40. The van der Waals surface area contributed by atoms with E-state index in [1.165, 1.54) is 0 Å². The SMILES string of the molecule is Cc1nc(CC2CCCN(C(=O)c3ccc(CN)cc3)C2)no1. The van der Waals surface area contributed by atoms with E-state index in [1.807, 2.05) is 29.2 Å². The number of likely N-dealkylation sites (tertiary alicyclic amines) is 1. The molecule has 3 rings (SSSR count). The summed E-state index contributed by atoms with van der Waals surface area (Å²) in [5.41, 5.74) is 7.35. The number of aryl methyl sites for hydroxylation is 1. The summed E-state index contributed by atoms with van der Waals surface area (Å²) >= 11 is 0. The maximum absolute atomic E-state index is 12.6. The molecule has 1 fully saturated rings. The number of hydrogen-bond acceptors (Lipinski definition) is 5. The van der Waals surface area contributed by atoms with Crippen molar-refractivity contribution in [1.82, 2.24) is 15.0 Å². The van der Waals surface area contributed by atoms with Crippen LogP contribution >= 0.6 is 0 Å². The topological polar surface area (TPSA) is 85.2 Å². The predicted molar refractivity (Wildman–Crippen MR) is 85.7 cm³/mol. The van der Waals surface area contributed by atoms with Crippen molar-refractivity contribution in [3.8, 4) is 0 Å². The van der Waals surface area contributed by atoms with E-state index in [2.05, 4.69) is 10.1 Å². The van der Waals surface area contributed by atoms with Gasteiger partial charge in [0.25, 0.3) is 5.91 Å². The molecule has 0 aliphatic carbocycles. The zero-order chi connectivity index (χ0) is 16.2. The second-order valence-electron chi connectivity index (χ2n) is 6.09. The van der Waals surface area contributed by atoms with Gasteiger partial charge in [-0.1, -0.05) is 17.3 Å². The van der Waals surface area contributed by atoms with Crippen molar-refractivity contribution in [2.45, 2.75) is 32.7 Å². The number of piperidine rings is 1. The molecule has 1 aromatic carbocycles. The van der Waals surface area contributed by atoms with Crippen LogP contribution < -0.4 is 5.73 Å². The van der Waals surface area contributed by atoms with E-state index in [1.54, 1.807) is 6.92 Å². The summed E-state index contributed by atoms with van der Waals surface area (Å²) in [6.07, 6.45) is 2.85. The fraction of sp³-hybridized carbons (Fsp3) is 0.471. The molecule has 0 spiro atoms. The molecule has 6 heteroatoms. The maximum atomic E-state index is 12.6. The highest BCUT2D eigenvalue weighted by Gasteiger charge is 2.25. The van der Waals surface area contributed by atoms with Gasteiger partial charge in [0.1, 0.15) is 0 Å². The molecule has 2 heterocycles. The van der Waals surface area contributed by atoms with Crippen LogP contribution in [0.25, 0.3) is 0 Å². The molecular weight excluding hydrogens is 292 g/mol. The molecule has 1 amide bonds. The molecule has 0 bridgehead atoms. The molecule has 1 saturated heterocycles. The largest absolute Gasteiger partial charge is 0.340 e. The van der Waals surface area contributed by atoms with Crippen molar-refractivity contribution in [1.29, 1.82) is 0 Å². The Labute approximate surface area is 135 Å². The van der Waals surface area contributed by atoms with Gasteiger partial charge in [-0.3, -0.25) is 4.79 Å². The Hall–Kier alpha value is -2.21. The van der Waals surface area contributed by atoms with E-state index in [0.29, 0.717) is 18.4 Å². The van der Waals surface area contributed by atoms with Crippen LogP contribution in [0.4, 0.5) is 0 Å². The molecule has 1 aliphatic heterocycles. The second-order valence-corrected chi connectivity index (χ2v) is 6.09. The average Bonchev–Trinajstić information content (AvgIpc) is 2.99. The lowest BCUT2D eigenvalue weighted by molar-refractivity contribution is 0.0672. The summed E-state index contributed by atoms with van der Waals surface area (Å²) in [5, 5.41) is 3.96. The van der Waals surface area contributed by atoms with Crippen molar-refractivity contribution >= 4 is 5.91 Å². The molecule has 6 nitrogen and oxygen atoms in total. The summed E-state index contributed by atoms with van der Waals surface area (Å²) in [6, 6.07) is 7.54. The van der Waals surface area contributed by atoms with Crippen molar-refractivity contribution in [3.63, 3.8) is 0 Å². The summed E-state index contributed by atoms with van der Waals surface area (Å²) in [5.74, 6) is 1.79. The van der Waals surface area contributed by atoms with Crippen LogP contribution in [0.15, 0.2) is 28.8 Å². The van der Waals surface area contributed by atoms with Gasteiger partial charge in [-0.25, -0.2) is 0 Å². The normalized spacial score (nSPS) is 18.2. The Morgan fingerprint density at radius 2 is 2.17 bits per heavy atom. The fourth-order valence-corrected chi connectivity index (χ4v) is 3.06. The maximum Gasteiger partial charge on any atom is 0.253 e. The first-order chi connectivity index (χ1) is 11.2. The second kappa shape index (κ2) is 6.91. The zero-order valence-corrected chi connectivity index (χ0v) is 13.4. The number of amides is 1. The minimum Gasteiger partial charge on any atom is -0.340 e. The van der Waals surface area contributed by atoms with Crippen LogP contribution in [0.2, 0.25) is 0 Å². The molecule has 2 aromatic rings. The highest BCUT2D eigenvalue weighted by Crippen LogP contribution is 2.21. The van der Waals surface area contributed by atoms with Gasteiger partial charge >= 0.3 is 0 Å². The van der Waals surface area contributed by atoms with Gasteiger partial charge in [0, 0.05) is 38.5 Å². The van der Waals surface area contributed by atoms with Gasteiger partial charge in [0.15, 0.2) is 5.82 Å². The molecule has 0 radical (unpaired) electrons. The Morgan fingerprint density at radius 1 is 1.39 bits per heavy atom. The Bertz CT molecular complexity index is 665. The van der Waals surface area contributed by atoms with Gasteiger partial charge in [-0.15, -0.1) is 0 Å². The number of benzene rings is 1. The lowest BCUT2D eigenvalue weighted by atomic mass is 9.94. The van der Waals surface area contributed by atoms with Crippen molar-refractivity contribution in [3.05, 3.63) is 47.1 Å². The van der Waals surface area contributed by atoms with Crippen LogP contribution in [-0.2, 0) is 13.0 Å². The van der Waals surface area contributed by atoms with E-state index < -0.39 is 0 Å². The quantitative estimate of drug-likeness (QED) is 0.932. The summed E-state index contributed by atoms with van der Waals surface area (Å²) in [7, 11) is 0. The predicted octanol–water partition coefficient (Wildman–Crippen LogP) is 1.93. The number of nitrogens with zero attached hydrogens (tertiary/aromatic N) is 3. The minimum atomic E-state index is 0.0857. The zero-order valence-electron chi connectivity index (χ0n) is 13.4. The first kappa shape index (κ1) is 15.7. The number of hydrogen-bond donors (Lipinski definition) is 1. The van der Waals surface area contributed by atoms with Crippen LogP contribution in [0, 0.1) is 12.8 Å². The third-order valence-corrected chi connectivity index (χ3v) is 4.28. The highest BCUT2D eigenvalue weighted by atomic mass is 16.5. The molecule has 1 aliphatic rings. The molecule has 2 N–H and O–H groups in total. The van der Waals surface area contributed by atoms with Crippen LogP contribution in [0.1, 0.15) is 40.5 Å². The Kier molecular flexibility index (Phi) is 4.71. The lowest BCUT2D eigenvalue weighted by Gasteiger charge is -2.32. The van der Waals surface area contributed by atoms with E-state index in [0.717, 1.165) is 49.3 Å². The third-order valence-electron chi connectivity index (χ3n) is 4.28. The van der Waals surface area contributed by atoms with E-state index in [4.69, 9.17) is 10.3 Å². The molecule has 1 aromatic heterocycles. The van der Waals surface area contributed by atoms with Crippen molar-refractivity contribution in [2.75, 3.05) is 13.1 Å². The Balaban J connectivity index is 1.63. The molecule has 122 valence electrons. The fourth-order valence-electron chi connectivity index (χ4n) is 3.06. The standard InChI is InChI=1S/C17H22N4O2/c1-12-19-16(20-23-12)9-14-3-2-8-21(11-14)17(22)15-6-4-13(10-18)5-7-15/h4-7,14H,2-3,8-11,18H2,1H3. The van der Waals surface area contributed by atoms with Gasteiger partial charge in [-0.2, -0.15) is 4.98 Å². The van der Waals surface area contributed by atoms with E-state index in [9.17, 15) is 4.79 Å². The van der Waals surface area contributed by atoms with Gasteiger partial charge in [-0.05, 0) is 36.5 Å². The highest BCUT2D eigenvalue weighted by molar-refractivity contribution is 5.94. The smallest absolute Gasteiger partial charge is 0.253 e.